The highest BCUT2D eigenvalue weighted by Crippen LogP contribution is 2.18. The van der Waals surface area contributed by atoms with Gasteiger partial charge in [-0.1, -0.05) is 18.2 Å². The maximum absolute atomic E-state index is 11.8. The molecule has 0 aliphatic heterocycles. The third-order valence-electron chi connectivity index (χ3n) is 2.44. The van der Waals surface area contributed by atoms with Gasteiger partial charge in [-0.2, -0.15) is 0 Å². The number of carbonyl (C=O) groups excluding carboxylic acids is 1. The Labute approximate surface area is 120 Å². The number of hydrogen-bond acceptors (Lipinski definition) is 4. The summed E-state index contributed by atoms with van der Waals surface area (Å²) in [7, 11) is 0. The second kappa shape index (κ2) is 6.72. The molecule has 6 heteroatoms. The molecule has 0 bridgehead atoms. The summed E-state index contributed by atoms with van der Waals surface area (Å²) in [5.41, 5.74) is 0.233. The predicted octanol–water partition coefficient (Wildman–Crippen LogP) is 2.51. The Balaban J connectivity index is 1.97. The van der Waals surface area contributed by atoms with Crippen molar-refractivity contribution < 1.29 is 14.7 Å². The van der Waals surface area contributed by atoms with E-state index >= 15 is 0 Å². The fourth-order valence-corrected chi connectivity index (χ4v) is 2.25. The SMILES string of the molecule is O=C(CSc1ccccc1)Nc1cnccc1C(=O)O. The molecule has 102 valence electrons. The first-order chi connectivity index (χ1) is 9.66. The van der Waals surface area contributed by atoms with Gasteiger partial charge in [0.2, 0.25) is 5.91 Å². The van der Waals surface area contributed by atoms with E-state index in [0.717, 1.165) is 4.90 Å². The van der Waals surface area contributed by atoms with Crippen LogP contribution in [0.5, 0.6) is 0 Å². The number of carbonyl (C=O) groups is 2. The van der Waals surface area contributed by atoms with Gasteiger partial charge in [0.25, 0.3) is 0 Å². The minimum absolute atomic E-state index is 0.0260. The van der Waals surface area contributed by atoms with E-state index in [0.29, 0.717) is 0 Å². The summed E-state index contributed by atoms with van der Waals surface area (Å²) in [6, 6.07) is 10.9. The molecule has 1 aromatic carbocycles. The number of aromatic carboxylic acids is 1. The summed E-state index contributed by atoms with van der Waals surface area (Å²) in [6.45, 7) is 0. The van der Waals surface area contributed by atoms with Crippen molar-refractivity contribution in [3.8, 4) is 0 Å². The van der Waals surface area contributed by atoms with E-state index < -0.39 is 5.97 Å². The fraction of sp³-hybridized carbons (Fsp3) is 0.0714. The first-order valence-corrected chi connectivity index (χ1v) is 6.80. The summed E-state index contributed by atoms with van der Waals surface area (Å²) in [5.74, 6) is -1.16. The number of pyridine rings is 1. The van der Waals surface area contributed by atoms with Crippen molar-refractivity contribution in [2.24, 2.45) is 0 Å². The first-order valence-electron chi connectivity index (χ1n) is 5.82. The van der Waals surface area contributed by atoms with Gasteiger partial charge in [0.1, 0.15) is 0 Å². The van der Waals surface area contributed by atoms with Crippen LogP contribution in [0.1, 0.15) is 10.4 Å². The summed E-state index contributed by atoms with van der Waals surface area (Å²) in [4.78, 5) is 27.6. The van der Waals surface area contributed by atoms with Crippen molar-refractivity contribution in [2.75, 3.05) is 11.1 Å². The second-order valence-corrected chi connectivity index (χ2v) is 4.93. The van der Waals surface area contributed by atoms with Crippen molar-refractivity contribution in [1.29, 1.82) is 0 Å². The molecule has 1 heterocycles. The Morgan fingerprint density at radius 1 is 1.20 bits per heavy atom. The van der Waals surface area contributed by atoms with Gasteiger partial charge in [0.15, 0.2) is 0 Å². The van der Waals surface area contributed by atoms with E-state index in [1.165, 1.54) is 30.2 Å². The Bertz CT molecular complexity index is 617. The van der Waals surface area contributed by atoms with Crippen molar-refractivity contribution in [1.82, 2.24) is 4.98 Å². The summed E-state index contributed by atoms with van der Waals surface area (Å²) in [5, 5.41) is 11.6. The summed E-state index contributed by atoms with van der Waals surface area (Å²) >= 11 is 1.38. The molecule has 0 saturated heterocycles. The highest BCUT2D eigenvalue weighted by Gasteiger charge is 2.12. The van der Waals surface area contributed by atoms with Crippen molar-refractivity contribution in [2.45, 2.75) is 4.90 Å². The predicted molar refractivity (Wildman–Crippen MR) is 77.0 cm³/mol. The number of carboxylic acids is 1. The highest BCUT2D eigenvalue weighted by molar-refractivity contribution is 8.00. The molecule has 1 amide bonds. The molecule has 0 aliphatic rings. The van der Waals surface area contributed by atoms with Gasteiger partial charge < -0.3 is 10.4 Å². The van der Waals surface area contributed by atoms with E-state index in [1.54, 1.807) is 0 Å². The Morgan fingerprint density at radius 3 is 2.65 bits per heavy atom. The third-order valence-corrected chi connectivity index (χ3v) is 3.45. The van der Waals surface area contributed by atoms with E-state index in [9.17, 15) is 9.59 Å². The highest BCUT2D eigenvalue weighted by atomic mass is 32.2. The molecule has 2 N–H and O–H groups in total. The number of rotatable bonds is 5. The molecule has 0 atom stereocenters. The summed E-state index contributed by atoms with van der Waals surface area (Å²) < 4.78 is 0. The van der Waals surface area contributed by atoms with Gasteiger partial charge in [-0.25, -0.2) is 4.79 Å². The maximum Gasteiger partial charge on any atom is 0.337 e. The third kappa shape index (κ3) is 3.83. The molecule has 0 aliphatic carbocycles. The molecular weight excluding hydrogens is 276 g/mol. The van der Waals surface area contributed by atoms with Crippen molar-refractivity contribution in [3.05, 3.63) is 54.4 Å². The van der Waals surface area contributed by atoms with Gasteiger partial charge in [-0.05, 0) is 18.2 Å². The number of nitrogens with zero attached hydrogens (tertiary/aromatic N) is 1. The number of nitrogens with one attached hydrogen (secondary N) is 1. The minimum Gasteiger partial charge on any atom is -0.478 e. The Hall–Kier alpha value is -2.34. The topological polar surface area (TPSA) is 79.3 Å². The average Bonchev–Trinajstić information content (AvgIpc) is 2.46. The van der Waals surface area contributed by atoms with E-state index in [-0.39, 0.29) is 22.9 Å². The van der Waals surface area contributed by atoms with Gasteiger partial charge in [0, 0.05) is 11.1 Å². The van der Waals surface area contributed by atoms with Gasteiger partial charge in [-0.3, -0.25) is 9.78 Å². The average molecular weight is 288 g/mol. The lowest BCUT2D eigenvalue weighted by Crippen LogP contribution is -2.16. The monoisotopic (exact) mass is 288 g/mol. The van der Waals surface area contributed by atoms with Crippen molar-refractivity contribution in [3.63, 3.8) is 0 Å². The zero-order chi connectivity index (χ0) is 14.4. The van der Waals surface area contributed by atoms with Crippen LogP contribution in [-0.2, 0) is 4.79 Å². The van der Waals surface area contributed by atoms with Gasteiger partial charge in [-0.15, -0.1) is 11.8 Å². The molecule has 2 aromatic rings. The van der Waals surface area contributed by atoms with E-state index in [4.69, 9.17) is 5.11 Å². The normalized spacial score (nSPS) is 10.0. The number of thioether (sulfide) groups is 1. The maximum atomic E-state index is 11.8. The molecule has 20 heavy (non-hydrogen) atoms. The summed E-state index contributed by atoms with van der Waals surface area (Å²) in [6.07, 6.45) is 2.70. The quantitative estimate of drug-likeness (QED) is 0.826. The molecular formula is C14H12N2O3S. The van der Waals surface area contributed by atoms with Crippen LogP contribution in [0.3, 0.4) is 0 Å². The number of benzene rings is 1. The lowest BCUT2D eigenvalue weighted by molar-refractivity contribution is -0.113. The van der Waals surface area contributed by atoms with Crippen LogP contribution in [0.4, 0.5) is 5.69 Å². The van der Waals surface area contributed by atoms with Crippen LogP contribution in [0.2, 0.25) is 0 Å². The fourth-order valence-electron chi connectivity index (χ4n) is 1.53. The molecule has 2 rings (SSSR count). The van der Waals surface area contributed by atoms with E-state index in [2.05, 4.69) is 10.3 Å². The minimum atomic E-state index is -1.10. The number of anilines is 1. The zero-order valence-corrected chi connectivity index (χ0v) is 11.3. The van der Waals surface area contributed by atoms with Crippen LogP contribution in [0.15, 0.2) is 53.7 Å². The Morgan fingerprint density at radius 2 is 1.95 bits per heavy atom. The smallest absolute Gasteiger partial charge is 0.337 e. The lowest BCUT2D eigenvalue weighted by Gasteiger charge is -2.07. The Kier molecular flexibility index (Phi) is 4.73. The van der Waals surface area contributed by atoms with Crippen molar-refractivity contribution >= 4 is 29.3 Å². The van der Waals surface area contributed by atoms with Crippen LogP contribution >= 0.6 is 11.8 Å². The molecule has 0 fully saturated rings. The second-order valence-electron chi connectivity index (χ2n) is 3.88. The number of amides is 1. The molecule has 5 nitrogen and oxygen atoms in total. The van der Waals surface area contributed by atoms with E-state index in [1.807, 2.05) is 30.3 Å². The van der Waals surface area contributed by atoms with Gasteiger partial charge >= 0.3 is 5.97 Å². The van der Waals surface area contributed by atoms with Crippen LogP contribution in [-0.4, -0.2) is 27.7 Å². The largest absolute Gasteiger partial charge is 0.478 e. The molecule has 1 aromatic heterocycles. The first kappa shape index (κ1) is 14.1. The standard InChI is InChI=1S/C14H12N2O3S/c17-13(9-20-10-4-2-1-3-5-10)16-12-8-15-7-6-11(12)14(18)19/h1-8H,9H2,(H,16,17)(H,18,19). The van der Waals surface area contributed by atoms with Crippen LogP contribution in [0.25, 0.3) is 0 Å². The molecule has 0 unspecified atom stereocenters. The molecule has 0 spiro atoms. The number of carboxylic acid groups (broad SMARTS) is 1. The van der Waals surface area contributed by atoms with Gasteiger partial charge in [0.05, 0.1) is 23.2 Å². The van der Waals surface area contributed by atoms with Crippen LogP contribution in [0, 0.1) is 0 Å². The lowest BCUT2D eigenvalue weighted by atomic mass is 10.2. The number of hydrogen-bond donors (Lipinski definition) is 2. The molecule has 0 radical (unpaired) electrons. The zero-order valence-electron chi connectivity index (χ0n) is 10.4. The molecule has 0 saturated carbocycles. The van der Waals surface area contributed by atoms with Crippen LogP contribution < -0.4 is 5.32 Å². The number of aromatic nitrogens is 1.